The normalized spacial score (nSPS) is 29.2. The quantitative estimate of drug-likeness (QED) is 0.648. The summed E-state index contributed by atoms with van der Waals surface area (Å²) in [7, 11) is 6.61. The van der Waals surface area contributed by atoms with Crippen LogP contribution in [-0.4, -0.2) is 94.0 Å². The van der Waals surface area contributed by atoms with Crippen molar-refractivity contribution in [1.29, 1.82) is 5.26 Å². The molecule has 9 nitrogen and oxygen atoms in total. The first kappa shape index (κ1) is 25.9. The summed E-state index contributed by atoms with van der Waals surface area (Å²) < 4.78 is 23.6. The van der Waals surface area contributed by atoms with Gasteiger partial charge in [-0.2, -0.15) is 5.26 Å². The third-order valence-corrected chi connectivity index (χ3v) is 6.79. The molecule has 0 spiro atoms. The smallest absolute Gasteiger partial charge is 0.257 e. The first-order chi connectivity index (χ1) is 16.3. The van der Waals surface area contributed by atoms with Crippen LogP contribution in [0.2, 0.25) is 0 Å². The fourth-order valence-electron chi connectivity index (χ4n) is 4.68. The first-order valence-electron chi connectivity index (χ1n) is 11.7. The molecule has 9 heteroatoms. The van der Waals surface area contributed by atoms with Crippen molar-refractivity contribution in [3.05, 3.63) is 29.3 Å². The summed E-state index contributed by atoms with van der Waals surface area (Å²) in [6.07, 6.45) is 1.25. The second-order valence-corrected chi connectivity index (χ2v) is 9.05. The molecule has 0 N–H and O–H groups in total. The number of rotatable bonds is 2. The molecule has 2 amide bonds. The topological polar surface area (TPSA) is 101 Å². The Morgan fingerprint density at radius 3 is 2.44 bits per heavy atom. The van der Waals surface area contributed by atoms with Crippen molar-refractivity contribution in [3.63, 3.8) is 0 Å². The summed E-state index contributed by atoms with van der Waals surface area (Å²) in [6, 6.07) is 7.07. The fraction of sp³-hybridized carbons (Fsp3) is 0.640. The lowest BCUT2D eigenvalue weighted by Gasteiger charge is -2.38. The number of nitrogens with zero attached hydrogens (tertiary/aromatic N) is 3. The molecule has 5 atom stereocenters. The lowest BCUT2D eigenvalue weighted by atomic mass is 9.97. The molecule has 0 unspecified atom stereocenters. The predicted octanol–water partition coefficient (Wildman–Crippen LogP) is 2.08. The number of ether oxygens (including phenoxy) is 4. The number of para-hydroxylation sites is 1. The lowest BCUT2D eigenvalue weighted by Crippen LogP contribution is -2.50. The highest BCUT2D eigenvalue weighted by molar-refractivity contribution is 5.97. The van der Waals surface area contributed by atoms with Gasteiger partial charge in [0.25, 0.3) is 5.91 Å². The van der Waals surface area contributed by atoms with Crippen LogP contribution < -0.4 is 4.74 Å². The maximum Gasteiger partial charge on any atom is 0.257 e. The second-order valence-electron chi connectivity index (χ2n) is 9.05. The van der Waals surface area contributed by atoms with Gasteiger partial charge >= 0.3 is 0 Å². The molecule has 0 aliphatic carbocycles. The van der Waals surface area contributed by atoms with Crippen LogP contribution in [0, 0.1) is 17.2 Å². The Morgan fingerprint density at radius 2 is 1.76 bits per heavy atom. The van der Waals surface area contributed by atoms with Crippen molar-refractivity contribution in [2.24, 2.45) is 5.92 Å². The van der Waals surface area contributed by atoms with E-state index in [1.165, 1.54) is 12.0 Å². The molecular weight excluding hydrogens is 438 g/mol. The van der Waals surface area contributed by atoms with E-state index in [2.05, 4.69) is 6.07 Å². The fourth-order valence-corrected chi connectivity index (χ4v) is 4.68. The maximum atomic E-state index is 13.3. The van der Waals surface area contributed by atoms with Crippen LogP contribution in [-0.2, 0) is 19.0 Å². The van der Waals surface area contributed by atoms with Crippen molar-refractivity contribution in [1.82, 2.24) is 9.80 Å². The Balaban J connectivity index is 1.95. The summed E-state index contributed by atoms with van der Waals surface area (Å²) in [5.41, 5.74) is 0.609. The van der Waals surface area contributed by atoms with Gasteiger partial charge in [0.05, 0.1) is 42.0 Å². The van der Waals surface area contributed by atoms with Gasteiger partial charge in [-0.3, -0.25) is 9.59 Å². The summed E-state index contributed by atoms with van der Waals surface area (Å²) in [5, 5.41) is 9.60. The zero-order valence-corrected chi connectivity index (χ0v) is 20.7. The van der Waals surface area contributed by atoms with E-state index >= 15 is 0 Å². The standard InChI is InChI=1S/C25H35N3O6/c1-16-21(32-5)14-28(3)25(30)19-8-6-7-17(13-26)23(19)33-12-11-18-9-10-20(31-4)22(34-18)15-27(2)24(16)29/h6-8,16,18,20-22H,9-12,14-15H2,1-5H3/t16-,18-,20+,21-,22-/m1/s1. The Labute approximate surface area is 201 Å². The monoisotopic (exact) mass is 473 g/mol. The van der Waals surface area contributed by atoms with Gasteiger partial charge in [0.1, 0.15) is 17.9 Å². The molecular formula is C25H35N3O6. The molecule has 1 aromatic carbocycles. The van der Waals surface area contributed by atoms with Gasteiger partial charge in [0.15, 0.2) is 0 Å². The minimum absolute atomic E-state index is 0.0759. The van der Waals surface area contributed by atoms with Crippen molar-refractivity contribution >= 4 is 11.8 Å². The molecule has 1 fully saturated rings. The molecule has 1 aromatic rings. The predicted molar refractivity (Wildman–Crippen MR) is 125 cm³/mol. The molecule has 2 heterocycles. The molecule has 2 bridgehead atoms. The number of fused-ring (bicyclic) bond motifs is 3. The average molecular weight is 474 g/mol. The van der Waals surface area contributed by atoms with Gasteiger partial charge in [0, 0.05) is 47.8 Å². The van der Waals surface area contributed by atoms with Crippen molar-refractivity contribution in [2.75, 3.05) is 48.0 Å². The van der Waals surface area contributed by atoms with Crippen LogP contribution in [0.4, 0.5) is 0 Å². The van der Waals surface area contributed by atoms with E-state index < -0.39 is 12.0 Å². The summed E-state index contributed by atoms with van der Waals surface area (Å²) >= 11 is 0. The number of amides is 2. The van der Waals surface area contributed by atoms with Crippen LogP contribution in [0.5, 0.6) is 5.75 Å². The van der Waals surface area contributed by atoms with Crippen LogP contribution in [0.3, 0.4) is 0 Å². The average Bonchev–Trinajstić information content (AvgIpc) is 2.85. The van der Waals surface area contributed by atoms with Gasteiger partial charge in [-0.05, 0) is 25.0 Å². The Bertz CT molecular complexity index is 916. The molecule has 3 rings (SSSR count). The molecule has 0 radical (unpaired) electrons. The number of methoxy groups -OCH3 is 2. The van der Waals surface area contributed by atoms with Gasteiger partial charge in [0.2, 0.25) is 5.91 Å². The molecule has 34 heavy (non-hydrogen) atoms. The van der Waals surface area contributed by atoms with E-state index in [9.17, 15) is 14.9 Å². The number of likely N-dealkylation sites (N-methyl/N-ethyl adjacent to an activating group) is 2. The molecule has 1 saturated heterocycles. The Kier molecular flexibility index (Phi) is 8.89. The largest absolute Gasteiger partial charge is 0.491 e. The van der Waals surface area contributed by atoms with E-state index in [1.807, 2.05) is 0 Å². The van der Waals surface area contributed by atoms with Gasteiger partial charge in [-0.25, -0.2) is 0 Å². The summed E-state index contributed by atoms with van der Waals surface area (Å²) in [6.45, 7) is 2.70. The highest BCUT2D eigenvalue weighted by atomic mass is 16.5. The van der Waals surface area contributed by atoms with Crippen molar-refractivity contribution in [3.8, 4) is 11.8 Å². The highest BCUT2D eigenvalue weighted by Gasteiger charge is 2.36. The number of carbonyl (C=O) groups excluding carboxylic acids is 2. The third-order valence-electron chi connectivity index (χ3n) is 6.79. The highest BCUT2D eigenvalue weighted by Crippen LogP contribution is 2.28. The number of hydrogen-bond donors (Lipinski definition) is 0. The maximum absolute atomic E-state index is 13.3. The zero-order chi connectivity index (χ0) is 24.8. The molecule has 0 saturated carbocycles. The van der Waals surface area contributed by atoms with Crippen molar-refractivity contribution in [2.45, 2.75) is 50.6 Å². The number of carbonyl (C=O) groups is 2. The minimum atomic E-state index is -0.515. The molecule has 186 valence electrons. The summed E-state index contributed by atoms with van der Waals surface area (Å²) in [5.74, 6) is -0.601. The minimum Gasteiger partial charge on any atom is -0.491 e. The van der Waals surface area contributed by atoms with Gasteiger partial charge in [-0.1, -0.05) is 13.0 Å². The van der Waals surface area contributed by atoms with E-state index in [0.717, 1.165) is 12.8 Å². The van der Waals surface area contributed by atoms with Crippen LogP contribution in [0.1, 0.15) is 42.1 Å². The zero-order valence-electron chi connectivity index (χ0n) is 20.7. The third kappa shape index (κ3) is 5.69. The van der Waals surface area contributed by atoms with E-state index in [4.69, 9.17) is 18.9 Å². The molecule has 2 aliphatic heterocycles. The SMILES string of the molecule is CO[C@H]1CC[C@@H]2CCOc3c(C#N)cccc3C(=O)N(C)C[C@@H](OC)[C@@H](C)C(=O)N(C)C[C@H]1O2. The second kappa shape index (κ2) is 11.6. The van der Waals surface area contributed by atoms with E-state index in [-0.39, 0.29) is 42.4 Å². The number of hydrogen-bond acceptors (Lipinski definition) is 7. The van der Waals surface area contributed by atoms with Gasteiger partial charge in [-0.15, -0.1) is 0 Å². The first-order valence-corrected chi connectivity index (χ1v) is 11.7. The Hall–Kier alpha value is -2.67. The van der Waals surface area contributed by atoms with Gasteiger partial charge < -0.3 is 28.7 Å². The van der Waals surface area contributed by atoms with Crippen LogP contribution >= 0.6 is 0 Å². The lowest BCUT2D eigenvalue weighted by molar-refractivity contribution is -0.154. The Morgan fingerprint density at radius 1 is 1.03 bits per heavy atom. The summed E-state index contributed by atoms with van der Waals surface area (Å²) in [4.78, 5) is 29.7. The van der Waals surface area contributed by atoms with Crippen LogP contribution in [0.15, 0.2) is 18.2 Å². The van der Waals surface area contributed by atoms with Crippen LogP contribution in [0.25, 0.3) is 0 Å². The number of nitriles is 1. The number of benzene rings is 1. The van der Waals surface area contributed by atoms with E-state index in [0.29, 0.717) is 30.7 Å². The molecule has 0 aromatic heterocycles. The van der Waals surface area contributed by atoms with E-state index in [1.54, 1.807) is 51.2 Å². The van der Waals surface area contributed by atoms with Crippen molar-refractivity contribution < 1.29 is 28.5 Å². The molecule has 2 aliphatic rings.